The minimum Gasteiger partial charge on any atom is -0.340 e. The van der Waals surface area contributed by atoms with E-state index in [0.717, 1.165) is 29.3 Å². The van der Waals surface area contributed by atoms with E-state index >= 15 is 0 Å². The molecule has 3 aromatic rings. The van der Waals surface area contributed by atoms with E-state index in [2.05, 4.69) is 19.9 Å². The number of rotatable bonds is 2. The lowest BCUT2D eigenvalue weighted by Gasteiger charge is -2.28. The molecule has 126 valence electrons. The highest BCUT2D eigenvalue weighted by Crippen LogP contribution is 2.38. The first-order valence-corrected chi connectivity index (χ1v) is 8.64. The van der Waals surface area contributed by atoms with E-state index < -0.39 is 0 Å². The summed E-state index contributed by atoms with van der Waals surface area (Å²) in [5.41, 5.74) is 4.05. The zero-order valence-corrected chi connectivity index (χ0v) is 14.0. The molecule has 5 rings (SSSR count). The normalized spacial score (nSPS) is 16.9. The van der Waals surface area contributed by atoms with Crippen molar-refractivity contribution in [3.05, 3.63) is 46.9 Å². The molecule has 0 atom stereocenters. The molecule has 1 aliphatic carbocycles. The zero-order valence-electron chi connectivity index (χ0n) is 14.0. The number of hydrogen-bond donors (Lipinski definition) is 1. The van der Waals surface area contributed by atoms with Crippen LogP contribution in [0.2, 0.25) is 0 Å². The first kappa shape index (κ1) is 14.5. The number of H-pyrrole nitrogens is 1. The predicted octanol–water partition coefficient (Wildman–Crippen LogP) is 2.13. The first-order valence-electron chi connectivity index (χ1n) is 8.64. The van der Waals surface area contributed by atoms with Gasteiger partial charge in [0.05, 0.1) is 16.8 Å². The molecule has 1 fully saturated rings. The standard InChI is InChI=1S/C18H18N6O/c1-10-21-15-13(4-6-19-17(15)22-10)18(25)24-7-5-14-12(9-24)8-20-16(23-14)11-2-3-11/h4,6,8,11H,2-3,5,7,9H2,1H3,(H,19,21,22). The molecule has 7 nitrogen and oxygen atoms in total. The molecule has 0 unspecified atom stereocenters. The molecule has 0 radical (unpaired) electrons. The molecule has 2 aliphatic rings. The second-order valence-electron chi connectivity index (χ2n) is 6.83. The Balaban J connectivity index is 1.44. The number of aromatic amines is 1. The number of nitrogens with zero attached hydrogens (tertiary/aromatic N) is 5. The summed E-state index contributed by atoms with van der Waals surface area (Å²) in [6.45, 7) is 3.09. The summed E-state index contributed by atoms with van der Waals surface area (Å²) >= 11 is 0. The summed E-state index contributed by atoms with van der Waals surface area (Å²) in [4.78, 5) is 35.8. The average Bonchev–Trinajstić information content (AvgIpc) is 3.40. The van der Waals surface area contributed by atoms with Gasteiger partial charge < -0.3 is 9.88 Å². The Morgan fingerprint density at radius 3 is 3.00 bits per heavy atom. The van der Waals surface area contributed by atoms with Crippen LogP contribution in [-0.4, -0.2) is 42.3 Å². The Morgan fingerprint density at radius 2 is 2.16 bits per heavy atom. The van der Waals surface area contributed by atoms with Gasteiger partial charge in [-0.1, -0.05) is 0 Å². The van der Waals surface area contributed by atoms with Crippen molar-refractivity contribution in [3.8, 4) is 0 Å². The molecule has 3 aromatic heterocycles. The van der Waals surface area contributed by atoms with E-state index in [0.29, 0.717) is 35.7 Å². The lowest BCUT2D eigenvalue weighted by Crippen LogP contribution is -2.36. The topological polar surface area (TPSA) is 87.7 Å². The lowest BCUT2D eigenvalue weighted by molar-refractivity contribution is 0.0735. The Bertz CT molecular complexity index is 990. The van der Waals surface area contributed by atoms with Crippen molar-refractivity contribution in [3.63, 3.8) is 0 Å². The van der Waals surface area contributed by atoms with Crippen LogP contribution < -0.4 is 0 Å². The highest BCUT2D eigenvalue weighted by Gasteiger charge is 2.29. The summed E-state index contributed by atoms with van der Waals surface area (Å²) < 4.78 is 0. The van der Waals surface area contributed by atoms with Crippen LogP contribution in [0.1, 0.15) is 52.0 Å². The van der Waals surface area contributed by atoms with Gasteiger partial charge in [-0.25, -0.2) is 19.9 Å². The summed E-state index contributed by atoms with van der Waals surface area (Å²) in [6, 6.07) is 1.75. The molecule has 0 bridgehead atoms. The van der Waals surface area contributed by atoms with Gasteiger partial charge in [0.15, 0.2) is 5.65 Å². The SMILES string of the molecule is Cc1nc2nccc(C(=O)N3CCc4nc(C5CC5)ncc4C3)c2[nH]1. The monoisotopic (exact) mass is 334 g/mol. The van der Waals surface area contributed by atoms with Gasteiger partial charge in [-0.15, -0.1) is 0 Å². The fourth-order valence-corrected chi connectivity index (χ4v) is 3.42. The Hall–Kier alpha value is -2.83. The van der Waals surface area contributed by atoms with Crippen molar-refractivity contribution in [1.29, 1.82) is 0 Å². The zero-order chi connectivity index (χ0) is 17.0. The predicted molar refractivity (Wildman–Crippen MR) is 91.1 cm³/mol. The van der Waals surface area contributed by atoms with Crippen molar-refractivity contribution in [2.45, 2.75) is 38.6 Å². The molecule has 25 heavy (non-hydrogen) atoms. The van der Waals surface area contributed by atoms with Crippen LogP contribution in [0, 0.1) is 6.92 Å². The molecular weight excluding hydrogens is 316 g/mol. The van der Waals surface area contributed by atoms with Crippen molar-refractivity contribution in [2.75, 3.05) is 6.54 Å². The fourth-order valence-electron chi connectivity index (χ4n) is 3.42. The van der Waals surface area contributed by atoms with Crippen LogP contribution in [0.25, 0.3) is 11.2 Å². The van der Waals surface area contributed by atoms with E-state index in [-0.39, 0.29) is 5.91 Å². The summed E-state index contributed by atoms with van der Waals surface area (Å²) in [6.07, 6.45) is 6.71. The number of aryl methyl sites for hydroxylation is 1. The van der Waals surface area contributed by atoms with Crippen molar-refractivity contribution < 1.29 is 4.79 Å². The van der Waals surface area contributed by atoms with Crippen LogP contribution in [-0.2, 0) is 13.0 Å². The third kappa shape index (κ3) is 2.47. The molecular formula is C18H18N6O. The first-order chi connectivity index (χ1) is 12.2. The van der Waals surface area contributed by atoms with Crippen molar-refractivity contribution >= 4 is 17.1 Å². The summed E-state index contributed by atoms with van der Waals surface area (Å²) in [7, 11) is 0. The number of amides is 1. The molecule has 0 spiro atoms. The van der Waals surface area contributed by atoms with Crippen molar-refractivity contribution in [1.82, 2.24) is 29.8 Å². The fraction of sp³-hybridized carbons (Fsp3) is 0.389. The van der Waals surface area contributed by atoms with Gasteiger partial charge in [0.25, 0.3) is 5.91 Å². The lowest BCUT2D eigenvalue weighted by atomic mass is 10.1. The Kier molecular flexibility index (Phi) is 3.10. The van der Waals surface area contributed by atoms with Crippen LogP contribution >= 0.6 is 0 Å². The Morgan fingerprint density at radius 1 is 1.28 bits per heavy atom. The molecule has 4 heterocycles. The van der Waals surface area contributed by atoms with Gasteiger partial charge in [0.1, 0.15) is 11.6 Å². The third-order valence-electron chi connectivity index (χ3n) is 4.92. The minimum absolute atomic E-state index is 0.00651. The number of carbonyl (C=O) groups excluding carboxylic acids is 1. The van der Waals surface area contributed by atoms with E-state index in [1.54, 1.807) is 12.3 Å². The molecule has 0 aromatic carbocycles. The summed E-state index contributed by atoms with van der Waals surface area (Å²) in [5.74, 6) is 2.28. The van der Waals surface area contributed by atoms with Gasteiger partial charge >= 0.3 is 0 Å². The second-order valence-corrected chi connectivity index (χ2v) is 6.83. The van der Waals surface area contributed by atoms with E-state index in [1.807, 2.05) is 18.0 Å². The highest BCUT2D eigenvalue weighted by atomic mass is 16.2. The number of carbonyl (C=O) groups is 1. The number of hydrogen-bond acceptors (Lipinski definition) is 5. The largest absolute Gasteiger partial charge is 0.340 e. The third-order valence-corrected chi connectivity index (χ3v) is 4.92. The van der Waals surface area contributed by atoms with Crippen LogP contribution in [0.3, 0.4) is 0 Å². The molecule has 1 aliphatic heterocycles. The van der Waals surface area contributed by atoms with Gasteiger partial charge in [0.2, 0.25) is 0 Å². The smallest absolute Gasteiger partial charge is 0.256 e. The summed E-state index contributed by atoms with van der Waals surface area (Å²) in [5, 5.41) is 0. The van der Waals surface area contributed by atoms with Crippen LogP contribution in [0.5, 0.6) is 0 Å². The van der Waals surface area contributed by atoms with E-state index in [4.69, 9.17) is 4.98 Å². The van der Waals surface area contributed by atoms with Crippen LogP contribution in [0.15, 0.2) is 18.5 Å². The van der Waals surface area contributed by atoms with E-state index in [9.17, 15) is 4.79 Å². The van der Waals surface area contributed by atoms with Gasteiger partial charge in [-0.05, 0) is 25.8 Å². The molecule has 1 amide bonds. The van der Waals surface area contributed by atoms with E-state index in [1.165, 1.54) is 12.8 Å². The quantitative estimate of drug-likeness (QED) is 0.776. The molecule has 7 heteroatoms. The maximum absolute atomic E-state index is 13.0. The van der Waals surface area contributed by atoms with Gasteiger partial charge in [0, 0.05) is 43.4 Å². The number of aromatic nitrogens is 5. The number of imidazole rings is 1. The molecule has 1 saturated carbocycles. The van der Waals surface area contributed by atoms with Crippen LogP contribution in [0.4, 0.5) is 0 Å². The molecule has 0 saturated heterocycles. The van der Waals surface area contributed by atoms with Crippen molar-refractivity contribution in [2.24, 2.45) is 0 Å². The van der Waals surface area contributed by atoms with Gasteiger partial charge in [-0.2, -0.15) is 0 Å². The highest BCUT2D eigenvalue weighted by molar-refractivity contribution is 6.04. The maximum Gasteiger partial charge on any atom is 0.256 e. The average molecular weight is 334 g/mol. The number of fused-ring (bicyclic) bond motifs is 2. The number of nitrogens with one attached hydrogen (secondary N) is 1. The minimum atomic E-state index is -0.00651. The molecule has 1 N–H and O–H groups in total. The Labute approximate surface area is 144 Å². The van der Waals surface area contributed by atoms with Gasteiger partial charge in [-0.3, -0.25) is 4.79 Å². The second kappa shape index (κ2) is 5.34. The number of pyridine rings is 1. The maximum atomic E-state index is 13.0.